The topological polar surface area (TPSA) is 86.1 Å². The largest absolute Gasteiger partial charge is 0.455 e. The van der Waals surface area contributed by atoms with Gasteiger partial charge in [0.2, 0.25) is 0 Å². The zero-order valence-corrected chi connectivity index (χ0v) is 17.2. The minimum atomic E-state index is -4.61. The fourth-order valence-corrected chi connectivity index (χ4v) is 3.43. The highest BCUT2D eigenvalue weighted by atomic mass is 35.5. The molecule has 1 aliphatic rings. The molecule has 1 saturated carbocycles. The van der Waals surface area contributed by atoms with Crippen LogP contribution < -0.4 is 5.32 Å². The number of benzene rings is 2. The number of hydrogen-bond donors (Lipinski definition) is 1. The van der Waals surface area contributed by atoms with Crippen LogP contribution in [0.25, 0.3) is 5.69 Å². The predicted molar refractivity (Wildman–Crippen MR) is 108 cm³/mol. The molecule has 0 unspecified atom stereocenters. The number of esters is 1. The van der Waals surface area contributed by atoms with Gasteiger partial charge in [-0.25, -0.2) is 9.67 Å². The summed E-state index contributed by atoms with van der Waals surface area (Å²) < 4.78 is 45.8. The fraction of sp³-hybridized carbons (Fsp3) is 0.238. The second-order valence-corrected chi connectivity index (χ2v) is 7.72. The van der Waals surface area contributed by atoms with Crippen LogP contribution in [0.1, 0.15) is 24.0 Å². The van der Waals surface area contributed by atoms with Gasteiger partial charge in [0.05, 0.1) is 22.4 Å². The number of anilines is 1. The van der Waals surface area contributed by atoms with Gasteiger partial charge < -0.3 is 10.1 Å². The minimum Gasteiger partial charge on any atom is -0.455 e. The number of ether oxygens (including phenoxy) is 1. The lowest BCUT2D eigenvalue weighted by Crippen LogP contribution is -2.28. The number of nitrogens with one attached hydrogen (secondary N) is 1. The number of halogens is 4. The summed E-state index contributed by atoms with van der Waals surface area (Å²) in [7, 11) is 0. The number of amides is 1. The van der Waals surface area contributed by atoms with Crippen LogP contribution in [0.3, 0.4) is 0 Å². The number of carbonyl (C=O) groups excluding carboxylic acids is 2. The average molecular weight is 465 g/mol. The van der Waals surface area contributed by atoms with Gasteiger partial charge in [0.25, 0.3) is 5.91 Å². The first-order valence-corrected chi connectivity index (χ1v) is 9.86. The van der Waals surface area contributed by atoms with Crippen LogP contribution in [0.15, 0.2) is 55.1 Å². The van der Waals surface area contributed by atoms with Crippen molar-refractivity contribution in [1.82, 2.24) is 14.8 Å². The molecule has 1 heterocycles. The zero-order valence-electron chi connectivity index (χ0n) is 16.4. The predicted octanol–water partition coefficient (Wildman–Crippen LogP) is 4.15. The molecular weight excluding hydrogens is 449 g/mol. The van der Waals surface area contributed by atoms with Crippen molar-refractivity contribution < 1.29 is 27.5 Å². The summed E-state index contributed by atoms with van der Waals surface area (Å²) in [6.07, 6.45) is -0.986. The Kier molecular flexibility index (Phi) is 5.64. The maximum atomic E-state index is 13.1. The van der Waals surface area contributed by atoms with E-state index in [0.717, 1.165) is 17.7 Å². The van der Waals surface area contributed by atoms with Crippen molar-refractivity contribution in [3.05, 3.63) is 71.3 Å². The second-order valence-electron chi connectivity index (χ2n) is 7.28. The van der Waals surface area contributed by atoms with Gasteiger partial charge in [0.15, 0.2) is 6.61 Å². The van der Waals surface area contributed by atoms with Gasteiger partial charge in [0.1, 0.15) is 12.7 Å². The lowest BCUT2D eigenvalue weighted by molar-refractivity contribution is -0.150. The van der Waals surface area contributed by atoms with E-state index in [-0.39, 0.29) is 11.4 Å². The Morgan fingerprint density at radius 3 is 2.47 bits per heavy atom. The Morgan fingerprint density at radius 1 is 1.16 bits per heavy atom. The molecule has 2 aromatic carbocycles. The van der Waals surface area contributed by atoms with Crippen molar-refractivity contribution in [2.75, 3.05) is 11.9 Å². The molecule has 1 amide bonds. The van der Waals surface area contributed by atoms with Crippen LogP contribution in [0.2, 0.25) is 5.02 Å². The third-order valence-corrected chi connectivity index (χ3v) is 5.39. The molecule has 11 heteroatoms. The average Bonchev–Trinajstić information content (AvgIpc) is 3.38. The quantitative estimate of drug-likeness (QED) is 0.554. The molecule has 32 heavy (non-hydrogen) atoms. The summed E-state index contributed by atoms with van der Waals surface area (Å²) in [4.78, 5) is 28.8. The number of nitrogens with zero attached hydrogens (tertiary/aromatic N) is 3. The third kappa shape index (κ3) is 4.45. The van der Waals surface area contributed by atoms with Crippen LogP contribution in [0, 0.1) is 0 Å². The van der Waals surface area contributed by atoms with Crippen LogP contribution in [-0.4, -0.2) is 33.2 Å². The molecule has 3 aromatic rings. The third-order valence-electron chi connectivity index (χ3n) is 5.14. The van der Waals surface area contributed by atoms with Crippen LogP contribution in [0.5, 0.6) is 0 Å². The first-order chi connectivity index (χ1) is 15.2. The van der Waals surface area contributed by atoms with Gasteiger partial charge in [-0.1, -0.05) is 23.7 Å². The molecule has 0 spiro atoms. The number of carbonyl (C=O) groups is 2. The highest BCUT2D eigenvalue weighted by Crippen LogP contribution is 2.49. The minimum absolute atomic E-state index is 0.148. The molecule has 0 atom stereocenters. The Bertz CT molecular complexity index is 1140. The number of alkyl halides is 3. The van der Waals surface area contributed by atoms with Crippen molar-refractivity contribution in [3.63, 3.8) is 0 Å². The summed E-state index contributed by atoms with van der Waals surface area (Å²) in [5, 5.41) is 6.77. The van der Waals surface area contributed by atoms with Gasteiger partial charge in [-0.3, -0.25) is 9.59 Å². The summed E-state index contributed by atoms with van der Waals surface area (Å²) >= 11 is 5.88. The van der Waals surface area contributed by atoms with E-state index in [9.17, 15) is 22.8 Å². The van der Waals surface area contributed by atoms with Crippen LogP contribution in [0.4, 0.5) is 18.9 Å². The van der Waals surface area contributed by atoms with E-state index >= 15 is 0 Å². The fourth-order valence-electron chi connectivity index (χ4n) is 3.30. The van der Waals surface area contributed by atoms with E-state index in [1.807, 2.05) is 0 Å². The van der Waals surface area contributed by atoms with Crippen molar-refractivity contribution in [1.29, 1.82) is 0 Å². The lowest BCUT2D eigenvalue weighted by Gasteiger charge is -2.16. The highest BCUT2D eigenvalue weighted by Gasteiger charge is 2.52. The zero-order chi connectivity index (χ0) is 22.9. The van der Waals surface area contributed by atoms with Gasteiger partial charge in [-0.2, -0.15) is 18.3 Å². The molecule has 1 aromatic heterocycles. The summed E-state index contributed by atoms with van der Waals surface area (Å²) in [5.41, 5.74) is -1.01. The smallest absolute Gasteiger partial charge is 0.416 e. The van der Waals surface area contributed by atoms with E-state index in [0.29, 0.717) is 17.9 Å². The van der Waals surface area contributed by atoms with Crippen molar-refractivity contribution in [2.24, 2.45) is 0 Å². The molecule has 1 aliphatic carbocycles. The van der Waals surface area contributed by atoms with E-state index in [2.05, 4.69) is 15.4 Å². The molecule has 0 bridgehead atoms. The van der Waals surface area contributed by atoms with Crippen LogP contribution in [-0.2, 0) is 25.9 Å². The molecule has 166 valence electrons. The lowest BCUT2D eigenvalue weighted by atomic mass is 9.96. The first-order valence-electron chi connectivity index (χ1n) is 9.48. The Labute approximate surface area is 185 Å². The Hall–Kier alpha value is -3.40. The molecule has 0 radical (unpaired) electrons. The number of hydrogen-bond acceptors (Lipinski definition) is 5. The molecule has 4 rings (SSSR count). The van der Waals surface area contributed by atoms with Crippen LogP contribution >= 0.6 is 11.6 Å². The maximum absolute atomic E-state index is 13.1. The van der Waals surface area contributed by atoms with E-state index in [1.54, 1.807) is 24.3 Å². The molecule has 0 aliphatic heterocycles. The monoisotopic (exact) mass is 464 g/mol. The molecule has 7 nitrogen and oxygen atoms in total. The summed E-state index contributed by atoms with van der Waals surface area (Å²) in [6, 6.07) is 9.60. The molecular formula is C21H16ClF3N4O3. The van der Waals surface area contributed by atoms with Gasteiger partial charge in [0, 0.05) is 5.02 Å². The van der Waals surface area contributed by atoms with E-state index < -0.39 is 35.6 Å². The summed E-state index contributed by atoms with van der Waals surface area (Å²) in [6.45, 7) is -0.652. The highest BCUT2D eigenvalue weighted by molar-refractivity contribution is 6.30. The summed E-state index contributed by atoms with van der Waals surface area (Å²) in [5.74, 6) is -1.36. The van der Waals surface area contributed by atoms with E-state index in [4.69, 9.17) is 16.3 Å². The van der Waals surface area contributed by atoms with Crippen molar-refractivity contribution >= 4 is 29.2 Å². The first kappa shape index (κ1) is 21.8. The maximum Gasteiger partial charge on any atom is 0.416 e. The SMILES string of the molecule is O=C(COC(=O)C1(c2ccc(Cl)cc2)CC1)Nc1cc(C(F)(F)F)ccc1-n1cncn1. The number of rotatable bonds is 6. The normalized spacial score (nSPS) is 14.6. The standard InChI is InChI=1S/C21H16ClF3N4O3/c22-15-4-1-13(2-5-15)20(7-8-20)19(31)32-10-18(30)28-16-9-14(21(23,24)25)3-6-17(16)29-12-26-11-27-29/h1-6,9,11-12H,7-8,10H2,(H,28,30). The second kappa shape index (κ2) is 8.27. The van der Waals surface area contributed by atoms with E-state index in [1.165, 1.54) is 23.4 Å². The van der Waals surface area contributed by atoms with Gasteiger partial charge in [-0.15, -0.1) is 0 Å². The Morgan fingerprint density at radius 2 is 1.88 bits per heavy atom. The van der Waals surface area contributed by atoms with Gasteiger partial charge >= 0.3 is 12.1 Å². The van der Waals surface area contributed by atoms with Crippen molar-refractivity contribution in [3.8, 4) is 5.69 Å². The molecule has 1 N–H and O–H groups in total. The number of aromatic nitrogens is 3. The Balaban J connectivity index is 1.47. The molecule has 0 saturated heterocycles. The van der Waals surface area contributed by atoms with Gasteiger partial charge in [-0.05, 0) is 48.7 Å². The van der Waals surface area contributed by atoms with Crippen molar-refractivity contribution in [2.45, 2.75) is 24.4 Å². The molecule has 1 fully saturated rings.